The van der Waals surface area contributed by atoms with E-state index in [-0.39, 0.29) is 5.78 Å². The molecule has 0 aliphatic carbocycles. The number of rotatable bonds is 6. The SMILES string of the molecule is COc1cccc([C@@H](OC)[C@@H](O)C(=O)c2ccccc2)c1. The topological polar surface area (TPSA) is 55.8 Å². The van der Waals surface area contributed by atoms with E-state index in [1.54, 1.807) is 55.6 Å². The molecule has 0 spiro atoms. The largest absolute Gasteiger partial charge is 0.497 e. The average molecular weight is 286 g/mol. The second-order valence-corrected chi connectivity index (χ2v) is 4.61. The first-order valence-corrected chi connectivity index (χ1v) is 6.61. The summed E-state index contributed by atoms with van der Waals surface area (Å²) in [7, 11) is 3.03. The number of Topliss-reactive ketones (excluding diaryl/α,β-unsaturated/α-hetero) is 1. The van der Waals surface area contributed by atoms with Crippen molar-refractivity contribution in [1.29, 1.82) is 0 Å². The third kappa shape index (κ3) is 3.48. The van der Waals surface area contributed by atoms with Crippen LogP contribution in [0.1, 0.15) is 22.0 Å². The third-order valence-electron chi connectivity index (χ3n) is 3.29. The van der Waals surface area contributed by atoms with Gasteiger partial charge in [-0.3, -0.25) is 4.79 Å². The summed E-state index contributed by atoms with van der Waals surface area (Å²) in [4.78, 5) is 12.3. The van der Waals surface area contributed by atoms with Crippen LogP contribution in [-0.2, 0) is 4.74 Å². The molecule has 0 bridgehead atoms. The maximum atomic E-state index is 12.3. The van der Waals surface area contributed by atoms with Crippen molar-refractivity contribution in [3.8, 4) is 5.75 Å². The van der Waals surface area contributed by atoms with Crippen molar-refractivity contribution in [2.45, 2.75) is 12.2 Å². The summed E-state index contributed by atoms with van der Waals surface area (Å²) < 4.78 is 10.5. The zero-order valence-electron chi connectivity index (χ0n) is 12.0. The van der Waals surface area contributed by atoms with E-state index >= 15 is 0 Å². The molecule has 21 heavy (non-hydrogen) atoms. The molecule has 0 aliphatic rings. The monoisotopic (exact) mass is 286 g/mol. The average Bonchev–Trinajstić information content (AvgIpc) is 2.55. The lowest BCUT2D eigenvalue weighted by atomic mass is 9.97. The molecule has 0 aromatic heterocycles. The summed E-state index contributed by atoms with van der Waals surface area (Å²) in [6.45, 7) is 0. The highest BCUT2D eigenvalue weighted by Crippen LogP contribution is 2.26. The highest BCUT2D eigenvalue weighted by Gasteiger charge is 2.28. The lowest BCUT2D eigenvalue weighted by Gasteiger charge is -2.21. The minimum Gasteiger partial charge on any atom is -0.497 e. The van der Waals surface area contributed by atoms with Gasteiger partial charge >= 0.3 is 0 Å². The number of hydrogen-bond acceptors (Lipinski definition) is 4. The van der Waals surface area contributed by atoms with Crippen molar-refractivity contribution in [2.24, 2.45) is 0 Å². The zero-order valence-corrected chi connectivity index (χ0v) is 12.0. The Bertz CT molecular complexity index is 595. The standard InChI is InChI=1S/C17H18O4/c1-20-14-10-6-9-13(11-14)17(21-2)16(19)15(18)12-7-4-3-5-8-12/h3-11,16-17,19H,1-2H3/t16-,17+/m0/s1. The van der Waals surface area contributed by atoms with Gasteiger partial charge in [-0.25, -0.2) is 0 Å². The van der Waals surface area contributed by atoms with E-state index < -0.39 is 12.2 Å². The van der Waals surface area contributed by atoms with Crippen LogP contribution in [-0.4, -0.2) is 31.2 Å². The van der Waals surface area contributed by atoms with Crippen molar-refractivity contribution in [1.82, 2.24) is 0 Å². The third-order valence-corrected chi connectivity index (χ3v) is 3.29. The van der Waals surface area contributed by atoms with Crippen LogP contribution < -0.4 is 4.74 Å². The molecule has 0 saturated heterocycles. The number of hydrogen-bond donors (Lipinski definition) is 1. The van der Waals surface area contributed by atoms with Crippen molar-refractivity contribution < 1.29 is 19.4 Å². The molecule has 2 aromatic rings. The fourth-order valence-electron chi connectivity index (χ4n) is 2.18. The Hall–Kier alpha value is -2.17. The Morgan fingerprint density at radius 1 is 1.05 bits per heavy atom. The molecule has 2 aromatic carbocycles. The molecule has 0 unspecified atom stereocenters. The summed E-state index contributed by atoms with van der Waals surface area (Å²) in [5.41, 5.74) is 1.14. The van der Waals surface area contributed by atoms with Crippen molar-refractivity contribution in [3.63, 3.8) is 0 Å². The minimum atomic E-state index is -1.27. The Morgan fingerprint density at radius 3 is 2.38 bits per heavy atom. The van der Waals surface area contributed by atoms with E-state index in [9.17, 15) is 9.90 Å². The van der Waals surface area contributed by atoms with Gasteiger partial charge in [0.1, 0.15) is 18.0 Å². The maximum absolute atomic E-state index is 12.3. The van der Waals surface area contributed by atoms with E-state index in [0.29, 0.717) is 16.9 Å². The second kappa shape index (κ2) is 7.02. The summed E-state index contributed by atoms with van der Waals surface area (Å²) in [6, 6.07) is 15.8. The Balaban J connectivity index is 2.26. The number of methoxy groups -OCH3 is 2. The molecule has 4 nitrogen and oxygen atoms in total. The van der Waals surface area contributed by atoms with E-state index in [0.717, 1.165) is 0 Å². The van der Waals surface area contributed by atoms with Crippen LogP contribution in [0.15, 0.2) is 54.6 Å². The van der Waals surface area contributed by atoms with Crippen LogP contribution in [0.3, 0.4) is 0 Å². The molecule has 110 valence electrons. The minimum absolute atomic E-state index is 0.370. The van der Waals surface area contributed by atoms with Gasteiger partial charge in [-0.05, 0) is 17.7 Å². The van der Waals surface area contributed by atoms with Crippen LogP contribution >= 0.6 is 0 Å². The van der Waals surface area contributed by atoms with Crippen LogP contribution in [0.5, 0.6) is 5.75 Å². The van der Waals surface area contributed by atoms with Crippen LogP contribution in [0.4, 0.5) is 0 Å². The number of aliphatic hydroxyl groups excluding tert-OH is 1. The summed E-state index contributed by atoms with van der Waals surface area (Å²) >= 11 is 0. The van der Waals surface area contributed by atoms with Gasteiger partial charge in [0, 0.05) is 12.7 Å². The quantitative estimate of drug-likeness (QED) is 0.829. The van der Waals surface area contributed by atoms with Gasteiger partial charge in [0.2, 0.25) is 0 Å². The number of aliphatic hydroxyl groups is 1. The number of ether oxygens (including phenoxy) is 2. The van der Waals surface area contributed by atoms with Crippen LogP contribution in [0.25, 0.3) is 0 Å². The van der Waals surface area contributed by atoms with Crippen LogP contribution in [0, 0.1) is 0 Å². The number of carbonyl (C=O) groups is 1. The Morgan fingerprint density at radius 2 is 1.76 bits per heavy atom. The summed E-state index contributed by atoms with van der Waals surface area (Å²) in [5, 5.41) is 10.3. The smallest absolute Gasteiger partial charge is 0.194 e. The Kier molecular flexibility index (Phi) is 5.09. The van der Waals surface area contributed by atoms with Crippen molar-refractivity contribution in [2.75, 3.05) is 14.2 Å². The van der Waals surface area contributed by atoms with Gasteiger partial charge in [0.05, 0.1) is 7.11 Å². The molecule has 0 saturated carbocycles. The molecular weight excluding hydrogens is 268 g/mol. The fourth-order valence-corrected chi connectivity index (χ4v) is 2.18. The van der Waals surface area contributed by atoms with E-state index in [2.05, 4.69) is 0 Å². The molecule has 0 fully saturated rings. The molecule has 2 rings (SSSR count). The van der Waals surface area contributed by atoms with E-state index in [1.165, 1.54) is 7.11 Å². The number of benzene rings is 2. The first-order chi connectivity index (χ1) is 10.2. The van der Waals surface area contributed by atoms with Gasteiger partial charge in [0.25, 0.3) is 0 Å². The van der Waals surface area contributed by atoms with Gasteiger partial charge in [-0.2, -0.15) is 0 Å². The molecule has 2 atom stereocenters. The predicted octanol–water partition coefficient (Wildman–Crippen LogP) is 2.63. The first-order valence-electron chi connectivity index (χ1n) is 6.61. The molecule has 4 heteroatoms. The number of carbonyl (C=O) groups excluding carboxylic acids is 1. The first kappa shape index (κ1) is 15.2. The molecule has 0 radical (unpaired) electrons. The zero-order chi connectivity index (χ0) is 15.2. The van der Waals surface area contributed by atoms with E-state index in [4.69, 9.17) is 9.47 Å². The molecular formula is C17H18O4. The van der Waals surface area contributed by atoms with Gasteiger partial charge in [0.15, 0.2) is 5.78 Å². The van der Waals surface area contributed by atoms with E-state index in [1.807, 2.05) is 6.07 Å². The van der Waals surface area contributed by atoms with Crippen molar-refractivity contribution in [3.05, 3.63) is 65.7 Å². The van der Waals surface area contributed by atoms with Gasteiger partial charge in [-0.1, -0.05) is 42.5 Å². The lowest BCUT2D eigenvalue weighted by molar-refractivity contribution is -0.00438. The predicted molar refractivity (Wildman–Crippen MR) is 79.5 cm³/mol. The normalized spacial score (nSPS) is 13.5. The summed E-state index contributed by atoms with van der Waals surface area (Å²) in [6.07, 6.45) is -2.02. The highest BCUT2D eigenvalue weighted by atomic mass is 16.5. The van der Waals surface area contributed by atoms with Crippen LogP contribution in [0.2, 0.25) is 0 Å². The van der Waals surface area contributed by atoms with Crippen molar-refractivity contribution >= 4 is 5.78 Å². The van der Waals surface area contributed by atoms with Gasteiger partial charge < -0.3 is 14.6 Å². The Labute approximate surface area is 123 Å². The maximum Gasteiger partial charge on any atom is 0.194 e. The molecule has 1 N–H and O–H groups in total. The molecule has 0 heterocycles. The highest BCUT2D eigenvalue weighted by molar-refractivity contribution is 5.99. The lowest BCUT2D eigenvalue weighted by Crippen LogP contribution is -2.29. The second-order valence-electron chi connectivity index (χ2n) is 4.61. The number of ketones is 1. The van der Waals surface area contributed by atoms with Gasteiger partial charge in [-0.15, -0.1) is 0 Å². The molecule has 0 aliphatic heterocycles. The summed E-state index contributed by atoms with van der Waals surface area (Å²) in [5.74, 6) is 0.277. The molecule has 0 amide bonds. The fraction of sp³-hybridized carbons (Fsp3) is 0.235.